The summed E-state index contributed by atoms with van der Waals surface area (Å²) in [6.07, 6.45) is 4.73. The van der Waals surface area contributed by atoms with E-state index in [9.17, 15) is 8.42 Å². The summed E-state index contributed by atoms with van der Waals surface area (Å²) < 4.78 is 28.1. The molecule has 0 atom stereocenters. The number of nitrogens with one attached hydrogen (secondary N) is 1. The number of hydrogen-bond acceptors (Lipinski definition) is 4. The highest BCUT2D eigenvalue weighted by Gasteiger charge is 2.25. The number of piperidine rings is 1. The van der Waals surface area contributed by atoms with Crippen molar-refractivity contribution in [1.82, 2.24) is 9.29 Å². The van der Waals surface area contributed by atoms with Crippen LogP contribution in [0.2, 0.25) is 0 Å². The third kappa shape index (κ3) is 4.40. The molecule has 25 heavy (non-hydrogen) atoms. The van der Waals surface area contributed by atoms with Gasteiger partial charge < -0.3 is 5.32 Å². The Morgan fingerprint density at radius 3 is 2.68 bits per heavy atom. The van der Waals surface area contributed by atoms with Crippen LogP contribution in [-0.4, -0.2) is 30.8 Å². The number of aryl methyl sites for hydroxylation is 1. The number of hydrogen-bond donors (Lipinski definition) is 1. The zero-order valence-corrected chi connectivity index (χ0v) is 16.6. The van der Waals surface area contributed by atoms with Crippen LogP contribution in [0.15, 0.2) is 45.9 Å². The third-order valence-corrected chi connectivity index (χ3v) is 6.68. The molecule has 1 aromatic heterocycles. The molecule has 0 unspecified atom stereocenters. The van der Waals surface area contributed by atoms with Crippen LogP contribution in [0.4, 0.5) is 5.82 Å². The van der Waals surface area contributed by atoms with E-state index in [1.165, 1.54) is 0 Å². The van der Waals surface area contributed by atoms with E-state index >= 15 is 0 Å². The molecule has 0 bridgehead atoms. The molecule has 1 N–H and O–H groups in total. The fraction of sp³-hybridized carbons (Fsp3) is 0.389. The Labute approximate surface area is 157 Å². The average Bonchev–Trinajstić information content (AvgIpc) is 2.62. The molecule has 2 aromatic rings. The molecule has 0 amide bonds. The summed E-state index contributed by atoms with van der Waals surface area (Å²) in [5.41, 5.74) is 1.95. The Balaban J connectivity index is 1.75. The molecule has 0 radical (unpaired) electrons. The number of benzene rings is 1. The van der Waals surface area contributed by atoms with Crippen molar-refractivity contribution in [1.29, 1.82) is 0 Å². The van der Waals surface area contributed by atoms with Gasteiger partial charge in [0.05, 0.1) is 4.90 Å². The van der Waals surface area contributed by atoms with Gasteiger partial charge in [-0.2, -0.15) is 4.31 Å². The number of pyridine rings is 1. The zero-order valence-electron chi connectivity index (χ0n) is 14.2. The fourth-order valence-electron chi connectivity index (χ4n) is 2.98. The quantitative estimate of drug-likeness (QED) is 0.790. The van der Waals surface area contributed by atoms with Gasteiger partial charge in [0.2, 0.25) is 10.0 Å². The molecule has 134 valence electrons. The van der Waals surface area contributed by atoms with Crippen LogP contribution in [0.3, 0.4) is 0 Å². The highest BCUT2D eigenvalue weighted by molar-refractivity contribution is 9.10. The Morgan fingerprint density at radius 1 is 1.20 bits per heavy atom. The first-order chi connectivity index (χ1) is 12.0. The normalized spacial score (nSPS) is 15.9. The lowest BCUT2D eigenvalue weighted by atomic mass is 10.2. The second kappa shape index (κ2) is 7.85. The van der Waals surface area contributed by atoms with E-state index in [1.54, 1.807) is 28.7 Å². The van der Waals surface area contributed by atoms with Gasteiger partial charge in [0, 0.05) is 30.3 Å². The lowest BCUT2D eigenvalue weighted by Gasteiger charge is -2.26. The van der Waals surface area contributed by atoms with E-state index in [2.05, 4.69) is 26.2 Å². The Hall–Kier alpha value is -1.44. The lowest BCUT2D eigenvalue weighted by Crippen LogP contribution is -2.35. The summed E-state index contributed by atoms with van der Waals surface area (Å²) in [7, 11) is -3.40. The van der Waals surface area contributed by atoms with Gasteiger partial charge in [0.1, 0.15) is 5.82 Å². The summed E-state index contributed by atoms with van der Waals surface area (Å²) >= 11 is 3.40. The van der Waals surface area contributed by atoms with E-state index in [-0.39, 0.29) is 0 Å². The molecular formula is C18H22BrN3O2S. The van der Waals surface area contributed by atoms with Crippen molar-refractivity contribution in [2.24, 2.45) is 0 Å². The Bertz CT molecular complexity index is 849. The molecule has 1 fully saturated rings. The van der Waals surface area contributed by atoms with E-state index in [0.29, 0.717) is 24.5 Å². The predicted molar refractivity (Wildman–Crippen MR) is 103 cm³/mol. The maximum atomic E-state index is 12.8. The third-order valence-electron chi connectivity index (χ3n) is 4.36. The first-order valence-corrected chi connectivity index (χ1v) is 10.7. The van der Waals surface area contributed by atoms with E-state index in [0.717, 1.165) is 40.7 Å². The summed E-state index contributed by atoms with van der Waals surface area (Å²) in [4.78, 5) is 4.72. The number of rotatable bonds is 5. The van der Waals surface area contributed by atoms with E-state index in [1.807, 2.05) is 19.1 Å². The van der Waals surface area contributed by atoms with Gasteiger partial charge in [-0.15, -0.1) is 0 Å². The number of nitrogens with zero attached hydrogens (tertiary/aromatic N) is 2. The van der Waals surface area contributed by atoms with Crippen molar-refractivity contribution in [3.63, 3.8) is 0 Å². The summed E-state index contributed by atoms with van der Waals surface area (Å²) in [5.74, 6) is 0.799. The van der Waals surface area contributed by atoms with Crippen LogP contribution in [0.1, 0.15) is 30.4 Å². The van der Waals surface area contributed by atoms with E-state index < -0.39 is 10.0 Å². The first-order valence-electron chi connectivity index (χ1n) is 8.42. The van der Waals surface area contributed by atoms with Crippen molar-refractivity contribution in [2.75, 3.05) is 18.4 Å². The molecule has 0 aliphatic carbocycles. The molecular weight excluding hydrogens is 402 g/mol. The van der Waals surface area contributed by atoms with Crippen molar-refractivity contribution >= 4 is 31.8 Å². The number of aromatic nitrogens is 1. The van der Waals surface area contributed by atoms with Gasteiger partial charge in [0.15, 0.2) is 0 Å². The van der Waals surface area contributed by atoms with Crippen molar-refractivity contribution < 1.29 is 8.42 Å². The van der Waals surface area contributed by atoms with Gasteiger partial charge >= 0.3 is 0 Å². The van der Waals surface area contributed by atoms with Crippen LogP contribution in [0.25, 0.3) is 0 Å². The van der Waals surface area contributed by atoms with Gasteiger partial charge in [-0.25, -0.2) is 13.4 Å². The second-order valence-corrected chi connectivity index (χ2v) is 9.14. The van der Waals surface area contributed by atoms with Crippen LogP contribution in [0.5, 0.6) is 0 Å². The summed E-state index contributed by atoms with van der Waals surface area (Å²) in [6, 6.07) is 9.15. The van der Waals surface area contributed by atoms with Crippen molar-refractivity contribution in [3.8, 4) is 0 Å². The molecule has 7 heteroatoms. The maximum absolute atomic E-state index is 12.8. The summed E-state index contributed by atoms with van der Waals surface area (Å²) in [6.45, 7) is 3.75. The molecule has 2 heterocycles. The first kappa shape index (κ1) is 18.4. The standard InChI is InChI=1S/C18H22BrN3O2S/c1-14-10-16(19)13-21-18(14)20-12-15-6-5-7-17(11-15)25(23,24)22-8-3-2-4-9-22/h5-7,10-11,13H,2-4,8-9,12H2,1H3,(H,20,21). The van der Waals surface area contributed by atoms with Gasteiger partial charge in [0.25, 0.3) is 0 Å². The zero-order chi connectivity index (χ0) is 17.9. The van der Waals surface area contributed by atoms with Gasteiger partial charge in [-0.05, 0) is 65.0 Å². The van der Waals surface area contributed by atoms with Gasteiger partial charge in [-0.1, -0.05) is 18.6 Å². The second-order valence-electron chi connectivity index (χ2n) is 6.28. The molecule has 1 saturated heterocycles. The molecule has 0 saturated carbocycles. The highest BCUT2D eigenvalue weighted by atomic mass is 79.9. The highest BCUT2D eigenvalue weighted by Crippen LogP contribution is 2.22. The van der Waals surface area contributed by atoms with Crippen LogP contribution in [-0.2, 0) is 16.6 Å². The number of anilines is 1. The number of halogens is 1. The predicted octanol–water partition coefficient (Wildman–Crippen LogP) is 3.94. The molecule has 1 aliphatic rings. The van der Waals surface area contributed by atoms with Crippen molar-refractivity contribution in [2.45, 2.75) is 37.6 Å². The lowest BCUT2D eigenvalue weighted by molar-refractivity contribution is 0.346. The molecule has 3 rings (SSSR count). The smallest absolute Gasteiger partial charge is 0.243 e. The van der Waals surface area contributed by atoms with Crippen molar-refractivity contribution in [3.05, 3.63) is 52.1 Å². The topological polar surface area (TPSA) is 62.3 Å². The molecule has 5 nitrogen and oxygen atoms in total. The minimum Gasteiger partial charge on any atom is -0.366 e. The van der Waals surface area contributed by atoms with Gasteiger partial charge in [-0.3, -0.25) is 0 Å². The van der Waals surface area contributed by atoms with Crippen LogP contribution >= 0.6 is 15.9 Å². The molecule has 1 aromatic carbocycles. The fourth-order valence-corrected chi connectivity index (χ4v) is 5.02. The van der Waals surface area contributed by atoms with Crippen LogP contribution < -0.4 is 5.32 Å². The minimum absolute atomic E-state index is 0.370. The molecule has 1 aliphatic heterocycles. The number of sulfonamides is 1. The maximum Gasteiger partial charge on any atom is 0.243 e. The SMILES string of the molecule is Cc1cc(Br)cnc1NCc1cccc(S(=O)(=O)N2CCCCC2)c1. The largest absolute Gasteiger partial charge is 0.366 e. The summed E-state index contributed by atoms with van der Waals surface area (Å²) in [5, 5.41) is 3.27. The Kier molecular flexibility index (Phi) is 5.76. The monoisotopic (exact) mass is 423 g/mol. The molecule has 0 spiro atoms. The average molecular weight is 424 g/mol. The Morgan fingerprint density at radius 2 is 1.96 bits per heavy atom. The minimum atomic E-state index is -3.40. The van der Waals surface area contributed by atoms with E-state index in [4.69, 9.17) is 0 Å². The van der Waals surface area contributed by atoms with Crippen LogP contribution in [0, 0.1) is 6.92 Å².